The molecule has 0 atom stereocenters. The van der Waals surface area contributed by atoms with Gasteiger partial charge in [-0.1, -0.05) is 91.0 Å². The van der Waals surface area contributed by atoms with E-state index in [9.17, 15) is 0 Å². The van der Waals surface area contributed by atoms with E-state index in [2.05, 4.69) is 103 Å². The van der Waals surface area contributed by atoms with Crippen molar-refractivity contribution < 1.29 is 0 Å². The Labute approximate surface area is 156 Å². The van der Waals surface area contributed by atoms with Gasteiger partial charge in [0.2, 0.25) is 0 Å². The minimum atomic E-state index is 0.818. The molecule has 0 saturated carbocycles. The van der Waals surface area contributed by atoms with E-state index in [1.54, 1.807) is 0 Å². The van der Waals surface area contributed by atoms with Crippen LogP contribution in [0.4, 0.5) is 0 Å². The van der Waals surface area contributed by atoms with Crippen LogP contribution in [0.5, 0.6) is 0 Å². The summed E-state index contributed by atoms with van der Waals surface area (Å²) < 4.78 is 0. The molecule has 0 aliphatic heterocycles. The van der Waals surface area contributed by atoms with Crippen LogP contribution < -0.4 is 0 Å². The molecule has 0 aliphatic rings. The molecular formula is C24H26N2. The summed E-state index contributed by atoms with van der Waals surface area (Å²) >= 11 is 0. The molecule has 26 heavy (non-hydrogen) atoms. The third-order valence-electron chi connectivity index (χ3n) is 4.35. The summed E-state index contributed by atoms with van der Waals surface area (Å²) in [5.74, 6) is 0. The number of nitrogens with zero attached hydrogens (tertiary/aromatic N) is 2. The fourth-order valence-corrected chi connectivity index (χ4v) is 2.98. The second-order valence-corrected chi connectivity index (χ2v) is 6.61. The maximum Gasteiger partial charge on any atom is 0.0614 e. The van der Waals surface area contributed by atoms with E-state index >= 15 is 0 Å². The van der Waals surface area contributed by atoms with Crippen molar-refractivity contribution in [3.63, 3.8) is 0 Å². The maximum absolute atomic E-state index is 4.93. The normalized spacial score (nSPS) is 11.3. The zero-order valence-corrected chi connectivity index (χ0v) is 15.4. The van der Waals surface area contributed by atoms with Crippen molar-refractivity contribution in [1.29, 1.82) is 0 Å². The number of hydrazone groups is 1. The van der Waals surface area contributed by atoms with E-state index in [0.717, 1.165) is 25.9 Å². The Kier molecular flexibility index (Phi) is 6.60. The molecule has 0 spiro atoms. The lowest BCUT2D eigenvalue weighted by Gasteiger charge is -2.21. The van der Waals surface area contributed by atoms with Crippen molar-refractivity contribution in [2.24, 2.45) is 5.10 Å². The van der Waals surface area contributed by atoms with Crippen LogP contribution in [-0.2, 0) is 19.5 Å². The predicted molar refractivity (Wildman–Crippen MR) is 110 cm³/mol. The SMILES string of the molecule is C/C(CCc1ccccc1)=N/N(Cc1ccccc1)Cc1ccccc1. The van der Waals surface area contributed by atoms with Crippen LogP contribution in [0.15, 0.2) is 96.1 Å². The maximum atomic E-state index is 4.93. The smallest absolute Gasteiger partial charge is 0.0614 e. The summed E-state index contributed by atoms with van der Waals surface area (Å²) in [6, 6.07) is 31.7. The number of benzene rings is 3. The Morgan fingerprint density at radius 3 is 1.54 bits per heavy atom. The van der Waals surface area contributed by atoms with Crippen LogP contribution in [0.2, 0.25) is 0 Å². The van der Waals surface area contributed by atoms with E-state index in [0.29, 0.717) is 0 Å². The van der Waals surface area contributed by atoms with Gasteiger partial charge in [-0.2, -0.15) is 5.10 Å². The van der Waals surface area contributed by atoms with Gasteiger partial charge in [0.15, 0.2) is 0 Å². The lowest BCUT2D eigenvalue weighted by molar-refractivity contribution is 0.270. The highest BCUT2D eigenvalue weighted by molar-refractivity contribution is 5.81. The highest BCUT2D eigenvalue weighted by Gasteiger charge is 2.06. The summed E-state index contributed by atoms with van der Waals surface area (Å²) in [6.45, 7) is 3.77. The van der Waals surface area contributed by atoms with E-state index in [1.807, 2.05) is 0 Å². The molecule has 0 aliphatic carbocycles. The Morgan fingerprint density at radius 1 is 0.654 bits per heavy atom. The molecule has 0 bridgehead atoms. The lowest BCUT2D eigenvalue weighted by atomic mass is 10.1. The summed E-state index contributed by atoms with van der Waals surface area (Å²) in [5, 5.41) is 7.10. The first kappa shape index (κ1) is 17.9. The van der Waals surface area contributed by atoms with Crippen LogP contribution >= 0.6 is 0 Å². The van der Waals surface area contributed by atoms with Crippen molar-refractivity contribution in [3.8, 4) is 0 Å². The van der Waals surface area contributed by atoms with E-state index in [4.69, 9.17) is 5.10 Å². The molecule has 0 heterocycles. The Bertz CT molecular complexity index is 754. The quantitative estimate of drug-likeness (QED) is 0.379. The summed E-state index contributed by atoms with van der Waals surface area (Å²) in [7, 11) is 0. The Morgan fingerprint density at radius 2 is 1.08 bits per heavy atom. The zero-order valence-electron chi connectivity index (χ0n) is 15.4. The van der Waals surface area contributed by atoms with Crippen molar-refractivity contribution in [2.45, 2.75) is 32.9 Å². The topological polar surface area (TPSA) is 15.6 Å². The molecule has 0 radical (unpaired) electrons. The van der Waals surface area contributed by atoms with Crippen molar-refractivity contribution in [1.82, 2.24) is 5.01 Å². The first-order chi connectivity index (χ1) is 12.8. The van der Waals surface area contributed by atoms with E-state index in [-0.39, 0.29) is 0 Å². The fraction of sp³-hybridized carbons (Fsp3) is 0.208. The molecule has 0 fully saturated rings. The zero-order chi connectivity index (χ0) is 18.0. The molecule has 0 saturated heterocycles. The molecular weight excluding hydrogens is 316 g/mol. The second kappa shape index (κ2) is 9.57. The van der Waals surface area contributed by atoms with Gasteiger partial charge in [0, 0.05) is 5.71 Å². The summed E-state index contributed by atoms with van der Waals surface area (Å²) in [5.41, 5.74) is 5.09. The third-order valence-corrected chi connectivity index (χ3v) is 4.35. The number of hydrogen-bond donors (Lipinski definition) is 0. The Balaban J connectivity index is 1.69. The molecule has 2 nitrogen and oxygen atoms in total. The molecule has 0 N–H and O–H groups in total. The molecule has 3 aromatic rings. The molecule has 0 unspecified atom stereocenters. The van der Waals surface area contributed by atoms with Gasteiger partial charge in [0.05, 0.1) is 13.1 Å². The predicted octanol–water partition coefficient (Wildman–Crippen LogP) is 5.70. The number of rotatable bonds is 8. The van der Waals surface area contributed by atoms with Gasteiger partial charge < -0.3 is 0 Å². The van der Waals surface area contributed by atoms with Gasteiger partial charge in [-0.3, -0.25) is 5.01 Å². The minimum Gasteiger partial charge on any atom is -0.288 e. The summed E-state index contributed by atoms with van der Waals surface area (Å²) in [6.07, 6.45) is 2.00. The molecule has 0 amide bonds. The van der Waals surface area contributed by atoms with Gasteiger partial charge in [-0.15, -0.1) is 0 Å². The average Bonchev–Trinajstić information content (AvgIpc) is 2.69. The van der Waals surface area contributed by atoms with Crippen LogP contribution in [0.1, 0.15) is 30.0 Å². The summed E-state index contributed by atoms with van der Waals surface area (Å²) in [4.78, 5) is 0. The fourth-order valence-electron chi connectivity index (χ4n) is 2.98. The van der Waals surface area contributed by atoms with Crippen LogP contribution in [0, 0.1) is 0 Å². The first-order valence-corrected chi connectivity index (χ1v) is 9.20. The highest BCUT2D eigenvalue weighted by atomic mass is 15.4. The number of aryl methyl sites for hydroxylation is 1. The first-order valence-electron chi connectivity index (χ1n) is 9.20. The van der Waals surface area contributed by atoms with Gasteiger partial charge >= 0.3 is 0 Å². The van der Waals surface area contributed by atoms with E-state index in [1.165, 1.54) is 22.4 Å². The van der Waals surface area contributed by atoms with Gasteiger partial charge in [-0.25, -0.2) is 0 Å². The highest BCUT2D eigenvalue weighted by Crippen LogP contribution is 2.12. The van der Waals surface area contributed by atoms with Crippen molar-refractivity contribution >= 4 is 5.71 Å². The molecule has 2 heteroatoms. The molecule has 0 aromatic heterocycles. The largest absolute Gasteiger partial charge is 0.288 e. The monoisotopic (exact) mass is 342 g/mol. The van der Waals surface area contributed by atoms with E-state index < -0.39 is 0 Å². The molecule has 132 valence electrons. The van der Waals surface area contributed by atoms with Crippen LogP contribution in [0.3, 0.4) is 0 Å². The third kappa shape index (κ3) is 5.89. The Hall–Kier alpha value is -2.87. The molecule has 3 rings (SSSR count). The molecule has 3 aromatic carbocycles. The standard InChI is InChI=1S/C24H26N2/c1-21(17-18-22-11-5-2-6-12-22)25-26(19-23-13-7-3-8-14-23)20-24-15-9-4-10-16-24/h2-16H,17-20H2,1H3/b25-21-. The van der Waals surface area contributed by atoms with Gasteiger partial charge in [0.1, 0.15) is 0 Å². The lowest BCUT2D eigenvalue weighted by Crippen LogP contribution is -2.18. The average molecular weight is 342 g/mol. The second-order valence-electron chi connectivity index (χ2n) is 6.61. The van der Waals surface area contributed by atoms with Gasteiger partial charge in [0.25, 0.3) is 0 Å². The minimum absolute atomic E-state index is 0.818. The van der Waals surface area contributed by atoms with Crippen LogP contribution in [-0.4, -0.2) is 10.7 Å². The van der Waals surface area contributed by atoms with Crippen molar-refractivity contribution in [2.75, 3.05) is 0 Å². The van der Waals surface area contributed by atoms with Gasteiger partial charge in [-0.05, 0) is 36.5 Å². The number of hydrogen-bond acceptors (Lipinski definition) is 2. The van der Waals surface area contributed by atoms with Crippen molar-refractivity contribution in [3.05, 3.63) is 108 Å². The van der Waals surface area contributed by atoms with Crippen LogP contribution in [0.25, 0.3) is 0 Å².